The van der Waals surface area contributed by atoms with Crippen LogP contribution in [0.4, 0.5) is 9.52 Å². The number of likely N-dealkylation sites (tertiary alicyclic amines) is 1. The van der Waals surface area contributed by atoms with Gasteiger partial charge in [-0.3, -0.25) is 14.9 Å². The van der Waals surface area contributed by atoms with E-state index in [2.05, 4.69) is 30.2 Å². The zero-order valence-corrected chi connectivity index (χ0v) is 17.6. The van der Waals surface area contributed by atoms with Crippen molar-refractivity contribution in [1.82, 2.24) is 29.8 Å². The van der Waals surface area contributed by atoms with E-state index in [-0.39, 0.29) is 30.0 Å². The number of H-pyrrole nitrogens is 1. The summed E-state index contributed by atoms with van der Waals surface area (Å²) in [5, 5.41) is 4.77. The highest BCUT2D eigenvalue weighted by Crippen LogP contribution is 2.32. The lowest BCUT2D eigenvalue weighted by Gasteiger charge is -2.22. The largest absolute Gasteiger partial charge is 0.340 e. The number of benzene rings is 1. The summed E-state index contributed by atoms with van der Waals surface area (Å²) in [6, 6.07) is 5.83. The van der Waals surface area contributed by atoms with E-state index < -0.39 is 5.91 Å². The molecule has 1 saturated heterocycles. The van der Waals surface area contributed by atoms with Gasteiger partial charge in [0.1, 0.15) is 11.6 Å². The van der Waals surface area contributed by atoms with Gasteiger partial charge in [0.2, 0.25) is 11.7 Å². The van der Waals surface area contributed by atoms with E-state index in [4.69, 9.17) is 0 Å². The maximum atomic E-state index is 13.5. The Morgan fingerprint density at radius 1 is 1.25 bits per heavy atom. The molecule has 2 N–H and O–H groups in total. The summed E-state index contributed by atoms with van der Waals surface area (Å²) in [7, 11) is 0. The Kier molecular flexibility index (Phi) is 5.31. The van der Waals surface area contributed by atoms with E-state index in [9.17, 15) is 14.0 Å². The SMILES string of the molecule is O=C(Nc1nc(CC(=O)N2CCCC2c2nc3ccc(F)cc3[nH]2)cs1)c1ncccn1. The van der Waals surface area contributed by atoms with Gasteiger partial charge >= 0.3 is 0 Å². The highest BCUT2D eigenvalue weighted by Gasteiger charge is 2.32. The Hall–Kier alpha value is -3.73. The van der Waals surface area contributed by atoms with E-state index in [0.29, 0.717) is 34.2 Å². The van der Waals surface area contributed by atoms with Crippen LogP contribution >= 0.6 is 11.3 Å². The van der Waals surface area contributed by atoms with E-state index >= 15 is 0 Å². The number of anilines is 1. The summed E-state index contributed by atoms with van der Waals surface area (Å²) in [6.45, 7) is 0.619. The van der Waals surface area contributed by atoms with Gasteiger partial charge in [-0.25, -0.2) is 24.3 Å². The molecule has 1 fully saturated rings. The normalized spacial score (nSPS) is 15.9. The summed E-state index contributed by atoms with van der Waals surface area (Å²) in [5.74, 6) is -0.165. The number of imidazole rings is 1. The van der Waals surface area contributed by atoms with Crippen LogP contribution in [0.25, 0.3) is 11.0 Å². The first kappa shape index (κ1) is 20.2. The van der Waals surface area contributed by atoms with E-state index in [0.717, 1.165) is 12.8 Å². The van der Waals surface area contributed by atoms with Gasteiger partial charge in [-0.2, -0.15) is 0 Å². The highest BCUT2D eigenvalue weighted by atomic mass is 32.1. The number of halogens is 1. The second kappa shape index (κ2) is 8.42. The lowest BCUT2D eigenvalue weighted by atomic mass is 10.2. The molecule has 4 heterocycles. The standard InChI is InChI=1S/C21H18FN7O2S/c22-12-4-5-14-15(9-12)27-18(26-14)16-3-1-8-29(16)17(30)10-13-11-32-21(25-13)28-20(31)19-23-6-2-7-24-19/h2,4-7,9,11,16H,1,3,8,10H2,(H,26,27)(H,25,28,31). The van der Waals surface area contributed by atoms with Crippen molar-refractivity contribution in [1.29, 1.82) is 0 Å². The Bertz CT molecular complexity index is 1290. The van der Waals surface area contributed by atoms with E-state index in [1.54, 1.807) is 22.4 Å². The zero-order chi connectivity index (χ0) is 22.1. The molecule has 1 unspecified atom stereocenters. The number of rotatable bonds is 5. The number of carbonyl (C=O) groups is 2. The van der Waals surface area contributed by atoms with Gasteiger partial charge < -0.3 is 9.88 Å². The smallest absolute Gasteiger partial charge is 0.295 e. The fraction of sp³-hybridized carbons (Fsp3) is 0.238. The minimum atomic E-state index is -0.459. The van der Waals surface area contributed by atoms with Gasteiger partial charge in [0.15, 0.2) is 5.13 Å². The quantitative estimate of drug-likeness (QED) is 0.482. The molecule has 5 rings (SSSR count). The van der Waals surface area contributed by atoms with Crippen molar-refractivity contribution in [3.63, 3.8) is 0 Å². The molecule has 0 aliphatic carbocycles. The fourth-order valence-electron chi connectivity index (χ4n) is 3.78. The predicted molar refractivity (Wildman–Crippen MR) is 116 cm³/mol. The molecule has 0 spiro atoms. The van der Waals surface area contributed by atoms with Crippen LogP contribution in [-0.4, -0.2) is 48.2 Å². The van der Waals surface area contributed by atoms with Crippen LogP contribution in [0.2, 0.25) is 0 Å². The number of fused-ring (bicyclic) bond motifs is 1. The van der Waals surface area contributed by atoms with Crippen LogP contribution in [-0.2, 0) is 11.2 Å². The van der Waals surface area contributed by atoms with Crippen LogP contribution in [0.15, 0.2) is 42.0 Å². The van der Waals surface area contributed by atoms with Gasteiger partial charge in [0.25, 0.3) is 5.91 Å². The Labute approximate surface area is 185 Å². The van der Waals surface area contributed by atoms with E-state index in [1.807, 2.05) is 0 Å². The van der Waals surface area contributed by atoms with Crippen molar-refractivity contribution in [3.8, 4) is 0 Å². The summed E-state index contributed by atoms with van der Waals surface area (Å²) in [4.78, 5) is 46.8. The predicted octanol–water partition coefficient (Wildman–Crippen LogP) is 3.11. The minimum Gasteiger partial charge on any atom is -0.340 e. The molecule has 0 saturated carbocycles. The summed E-state index contributed by atoms with van der Waals surface area (Å²) >= 11 is 1.24. The molecule has 1 aliphatic heterocycles. The molecule has 0 radical (unpaired) electrons. The van der Waals surface area contributed by atoms with Crippen molar-refractivity contribution < 1.29 is 14.0 Å². The third-order valence-electron chi connectivity index (χ3n) is 5.22. The van der Waals surface area contributed by atoms with Gasteiger partial charge in [-0.05, 0) is 37.1 Å². The Morgan fingerprint density at radius 3 is 2.94 bits per heavy atom. The number of carbonyl (C=O) groups excluding carboxylic acids is 2. The van der Waals surface area contributed by atoms with Crippen LogP contribution in [0, 0.1) is 5.82 Å². The lowest BCUT2D eigenvalue weighted by molar-refractivity contribution is -0.131. The second-order valence-electron chi connectivity index (χ2n) is 7.38. The third-order valence-corrected chi connectivity index (χ3v) is 6.03. The first-order chi connectivity index (χ1) is 15.6. The average Bonchev–Trinajstić information content (AvgIpc) is 3.53. The van der Waals surface area contributed by atoms with Crippen LogP contribution in [0.3, 0.4) is 0 Å². The molecule has 1 aliphatic rings. The number of nitrogens with one attached hydrogen (secondary N) is 2. The van der Waals surface area contributed by atoms with Gasteiger partial charge in [0, 0.05) is 24.3 Å². The molecule has 3 aromatic heterocycles. The molecule has 0 bridgehead atoms. The summed E-state index contributed by atoms with van der Waals surface area (Å²) in [6.07, 6.45) is 4.72. The number of amides is 2. The zero-order valence-electron chi connectivity index (χ0n) is 16.8. The maximum Gasteiger partial charge on any atom is 0.295 e. The first-order valence-electron chi connectivity index (χ1n) is 10.0. The molecular weight excluding hydrogens is 433 g/mol. The van der Waals surface area contributed by atoms with Crippen LogP contribution < -0.4 is 5.32 Å². The number of hydrogen-bond donors (Lipinski definition) is 2. The van der Waals surface area contributed by atoms with Gasteiger partial charge in [0.05, 0.1) is 29.2 Å². The second-order valence-corrected chi connectivity index (χ2v) is 8.23. The monoisotopic (exact) mass is 451 g/mol. The van der Waals surface area contributed by atoms with E-state index in [1.165, 1.54) is 35.9 Å². The first-order valence-corrected chi connectivity index (χ1v) is 10.9. The molecule has 162 valence electrons. The number of thiazole rings is 1. The molecule has 1 aromatic carbocycles. The summed E-state index contributed by atoms with van der Waals surface area (Å²) in [5.41, 5.74) is 1.85. The molecule has 1 atom stereocenters. The molecule has 32 heavy (non-hydrogen) atoms. The number of aromatic amines is 1. The number of hydrogen-bond acceptors (Lipinski definition) is 7. The fourth-order valence-corrected chi connectivity index (χ4v) is 4.49. The molecule has 4 aromatic rings. The van der Waals surface area contributed by atoms with Gasteiger partial charge in [-0.1, -0.05) is 0 Å². The summed E-state index contributed by atoms with van der Waals surface area (Å²) < 4.78 is 13.5. The van der Waals surface area contributed by atoms with Crippen molar-refractivity contribution in [2.24, 2.45) is 0 Å². The number of aromatic nitrogens is 5. The lowest BCUT2D eigenvalue weighted by Crippen LogP contribution is -2.32. The Balaban J connectivity index is 1.26. The Morgan fingerprint density at radius 2 is 2.09 bits per heavy atom. The van der Waals surface area contributed by atoms with Crippen molar-refractivity contribution in [2.75, 3.05) is 11.9 Å². The van der Waals surface area contributed by atoms with Crippen LogP contribution in [0.5, 0.6) is 0 Å². The molecule has 2 amide bonds. The van der Waals surface area contributed by atoms with Crippen molar-refractivity contribution >= 4 is 39.3 Å². The molecule has 11 heteroatoms. The number of nitrogens with zero attached hydrogens (tertiary/aromatic N) is 5. The minimum absolute atomic E-state index is 0.0472. The van der Waals surface area contributed by atoms with Crippen molar-refractivity contribution in [3.05, 3.63) is 65.2 Å². The topological polar surface area (TPSA) is 117 Å². The third kappa shape index (κ3) is 4.06. The average molecular weight is 451 g/mol. The van der Waals surface area contributed by atoms with Crippen molar-refractivity contribution in [2.45, 2.75) is 25.3 Å². The molecule has 9 nitrogen and oxygen atoms in total. The van der Waals surface area contributed by atoms with Gasteiger partial charge in [-0.15, -0.1) is 11.3 Å². The highest BCUT2D eigenvalue weighted by molar-refractivity contribution is 7.14. The van der Waals surface area contributed by atoms with Crippen LogP contribution in [0.1, 0.15) is 41.0 Å². The maximum absolute atomic E-state index is 13.5. The molecular formula is C21H18FN7O2S.